The van der Waals surface area contributed by atoms with E-state index >= 15 is 0 Å². The van der Waals surface area contributed by atoms with Crippen molar-refractivity contribution in [2.45, 2.75) is 30.7 Å². The molecule has 4 rings (SSSR count). The van der Waals surface area contributed by atoms with Crippen molar-refractivity contribution >= 4 is 48.6 Å². The van der Waals surface area contributed by atoms with E-state index in [-0.39, 0.29) is 17.1 Å². The van der Waals surface area contributed by atoms with Gasteiger partial charge in [-0.3, -0.25) is 4.79 Å². The summed E-state index contributed by atoms with van der Waals surface area (Å²) in [6.07, 6.45) is 2.32. The molecule has 1 unspecified atom stereocenters. The maximum Gasteiger partial charge on any atom is 0.354 e. The Morgan fingerprint density at radius 3 is 2.81 bits per heavy atom. The summed E-state index contributed by atoms with van der Waals surface area (Å²) in [5, 5.41) is 3.21. The Balaban J connectivity index is 1.57. The van der Waals surface area contributed by atoms with Gasteiger partial charge in [0.05, 0.1) is 17.3 Å². The second-order valence-corrected chi connectivity index (χ2v) is 10.3. The number of hydrogen-bond acceptors (Lipinski definition) is 7. The van der Waals surface area contributed by atoms with Gasteiger partial charge < -0.3 is 14.6 Å². The van der Waals surface area contributed by atoms with Crippen LogP contribution in [0, 0.1) is 6.92 Å². The molecule has 0 aliphatic carbocycles. The Kier molecular flexibility index (Phi) is 5.58. The second-order valence-electron chi connectivity index (χ2n) is 7.42. The van der Waals surface area contributed by atoms with Crippen LogP contribution in [0.15, 0.2) is 35.4 Å². The van der Waals surface area contributed by atoms with Crippen molar-refractivity contribution in [3.05, 3.63) is 41.7 Å². The molecule has 2 aromatic heterocycles. The number of nitrogens with one attached hydrogen (secondary N) is 1. The number of sulfonamides is 1. The molecule has 0 radical (unpaired) electrons. The molecule has 164 valence electrons. The van der Waals surface area contributed by atoms with Crippen LogP contribution in [0.25, 0.3) is 10.2 Å². The molecule has 31 heavy (non-hydrogen) atoms. The average Bonchev–Trinajstić information content (AvgIpc) is 3.44. The van der Waals surface area contributed by atoms with Crippen molar-refractivity contribution in [3.63, 3.8) is 0 Å². The van der Waals surface area contributed by atoms with Gasteiger partial charge in [0.25, 0.3) is 0 Å². The first-order valence-electron chi connectivity index (χ1n) is 9.65. The van der Waals surface area contributed by atoms with Crippen molar-refractivity contribution in [2.24, 2.45) is 7.05 Å². The highest BCUT2D eigenvalue weighted by Gasteiger charge is 2.40. The van der Waals surface area contributed by atoms with Crippen LogP contribution in [0.3, 0.4) is 0 Å². The second kappa shape index (κ2) is 8.06. The molecule has 1 aromatic carbocycles. The fourth-order valence-electron chi connectivity index (χ4n) is 3.68. The van der Waals surface area contributed by atoms with Crippen LogP contribution in [0.5, 0.6) is 0 Å². The Hall–Kier alpha value is -2.76. The van der Waals surface area contributed by atoms with Crippen molar-refractivity contribution in [1.29, 1.82) is 0 Å². The molecule has 1 saturated heterocycles. The minimum atomic E-state index is -3.97. The fourth-order valence-corrected chi connectivity index (χ4v) is 6.38. The topological polar surface area (TPSA) is 111 Å². The van der Waals surface area contributed by atoms with Crippen LogP contribution in [0.1, 0.15) is 28.9 Å². The van der Waals surface area contributed by atoms with E-state index in [4.69, 9.17) is 0 Å². The first-order chi connectivity index (χ1) is 14.7. The van der Waals surface area contributed by atoms with E-state index in [2.05, 4.69) is 15.0 Å². The molecule has 1 amide bonds. The van der Waals surface area contributed by atoms with Gasteiger partial charge in [-0.1, -0.05) is 17.4 Å². The molecule has 1 aliphatic rings. The van der Waals surface area contributed by atoms with E-state index in [1.54, 1.807) is 7.05 Å². The summed E-state index contributed by atoms with van der Waals surface area (Å²) < 4.78 is 34.7. The molecule has 1 aliphatic heterocycles. The highest BCUT2D eigenvalue weighted by atomic mass is 32.2. The first kappa shape index (κ1) is 21.5. The maximum atomic E-state index is 13.2. The van der Waals surface area contributed by atoms with Crippen LogP contribution in [-0.2, 0) is 26.6 Å². The van der Waals surface area contributed by atoms with Crippen LogP contribution in [-0.4, -0.2) is 53.8 Å². The van der Waals surface area contributed by atoms with E-state index in [9.17, 15) is 18.0 Å². The van der Waals surface area contributed by atoms with Gasteiger partial charge in [0.15, 0.2) is 5.13 Å². The molecule has 1 fully saturated rings. The monoisotopic (exact) mass is 462 g/mol. The van der Waals surface area contributed by atoms with Crippen LogP contribution in [0.4, 0.5) is 5.13 Å². The molecule has 0 bridgehead atoms. The third kappa shape index (κ3) is 3.95. The van der Waals surface area contributed by atoms with Crippen molar-refractivity contribution in [2.75, 3.05) is 19.0 Å². The van der Waals surface area contributed by atoms with E-state index in [1.165, 1.54) is 39.6 Å². The summed E-state index contributed by atoms with van der Waals surface area (Å²) in [5.74, 6) is -1.05. The van der Waals surface area contributed by atoms with Gasteiger partial charge in [-0.05, 0) is 43.5 Å². The van der Waals surface area contributed by atoms with Gasteiger partial charge in [-0.25, -0.2) is 18.2 Å². The van der Waals surface area contributed by atoms with Gasteiger partial charge in [0.2, 0.25) is 15.9 Å². The molecular formula is C20H22N4O5S2. The van der Waals surface area contributed by atoms with Gasteiger partial charge >= 0.3 is 5.97 Å². The molecule has 3 aromatic rings. The summed E-state index contributed by atoms with van der Waals surface area (Å²) in [6, 6.07) is 6.24. The molecule has 3 heterocycles. The summed E-state index contributed by atoms with van der Waals surface area (Å²) in [7, 11) is -1.18. The Bertz CT molecular complexity index is 1280. The standard InChI is InChI=1S/C20H22N4O5S2/c1-12-6-7-14-17(9-12)30-20(21-14)22-18(25)15-5-4-8-24(15)31(27,28)13-10-16(19(26)29-3)23(2)11-13/h6-7,9-11,15H,4-5,8H2,1-3H3,(H,21,22,25). The zero-order chi connectivity index (χ0) is 22.3. The SMILES string of the molecule is COC(=O)c1cc(S(=O)(=O)N2CCCC2C(=O)Nc2nc3ccc(C)cc3s2)cn1C. The number of fused-ring (bicyclic) bond motifs is 1. The van der Waals surface area contributed by atoms with Gasteiger partial charge in [0, 0.05) is 19.8 Å². The number of thiazole rings is 1. The normalized spacial score (nSPS) is 17.2. The zero-order valence-electron chi connectivity index (χ0n) is 17.3. The van der Waals surface area contributed by atoms with Gasteiger partial charge in [-0.2, -0.15) is 4.31 Å². The first-order valence-corrected chi connectivity index (χ1v) is 11.9. The smallest absolute Gasteiger partial charge is 0.354 e. The maximum absolute atomic E-state index is 13.2. The average molecular weight is 463 g/mol. The predicted octanol–water partition coefficient (Wildman–Crippen LogP) is 2.52. The number of aromatic nitrogens is 2. The van der Waals surface area contributed by atoms with E-state index in [0.717, 1.165) is 15.8 Å². The number of hydrogen-bond donors (Lipinski definition) is 1. The van der Waals surface area contributed by atoms with Crippen molar-refractivity contribution in [3.8, 4) is 0 Å². The molecular weight excluding hydrogens is 440 g/mol. The zero-order valence-corrected chi connectivity index (χ0v) is 18.9. The summed E-state index contributed by atoms with van der Waals surface area (Å²) in [4.78, 5) is 29.2. The lowest BCUT2D eigenvalue weighted by Gasteiger charge is -2.22. The number of carbonyl (C=O) groups is 2. The van der Waals surface area contributed by atoms with Gasteiger partial charge in [0.1, 0.15) is 16.6 Å². The lowest BCUT2D eigenvalue weighted by Crippen LogP contribution is -2.43. The number of esters is 1. The summed E-state index contributed by atoms with van der Waals surface area (Å²) in [6.45, 7) is 2.20. The van der Waals surface area contributed by atoms with Crippen molar-refractivity contribution < 1.29 is 22.7 Å². The van der Waals surface area contributed by atoms with E-state index in [1.807, 2.05) is 25.1 Å². The third-order valence-corrected chi connectivity index (χ3v) is 8.07. The minimum absolute atomic E-state index is 0.0504. The number of benzene rings is 1. The number of anilines is 1. The van der Waals surface area contributed by atoms with E-state index < -0.39 is 27.9 Å². The summed E-state index contributed by atoms with van der Waals surface area (Å²) in [5.41, 5.74) is 1.99. The lowest BCUT2D eigenvalue weighted by atomic mass is 10.2. The number of rotatable bonds is 5. The summed E-state index contributed by atoms with van der Waals surface area (Å²) >= 11 is 1.35. The number of methoxy groups -OCH3 is 1. The number of nitrogens with zero attached hydrogens (tertiary/aromatic N) is 3. The lowest BCUT2D eigenvalue weighted by molar-refractivity contribution is -0.119. The number of ether oxygens (including phenoxy) is 1. The van der Waals surface area contributed by atoms with Crippen LogP contribution in [0.2, 0.25) is 0 Å². The van der Waals surface area contributed by atoms with Crippen LogP contribution < -0.4 is 5.32 Å². The Labute approximate surface area is 183 Å². The molecule has 0 spiro atoms. The van der Waals surface area contributed by atoms with Crippen LogP contribution >= 0.6 is 11.3 Å². The van der Waals surface area contributed by atoms with Crippen molar-refractivity contribution in [1.82, 2.24) is 13.9 Å². The highest BCUT2D eigenvalue weighted by molar-refractivity contribution is 7.89. The van der Waals surface area contributed by atoms with E-state index in [0.29, 0.717) is 18.0 Å². The predicted molar refractivity (Wildman–Crippen MR) is 117 cm³/mol. The Morgan fingerprint density at radius 2 is 2.06 bits per heavy atom. The highest BCUT2D eigenvalue weighted by Crippen LogP contribution is 2.30. The molecule has 1 N–H and O–H groups in total. The molecule has 9 nitrogen and oxygen atoms in total. The number of carbonyl (C=O) groups excluding carboxylic acids is 2. The number of amides is 1. The minimum Gasteiger partial charge on any atom is -0.464 e. The molecule has 11 heteroatoms. The Morgan fingerprint density at radius 1 is 1.29 bits per heavy atom. The molecule has 1 atom stereocenters. The quantitative estimate of drug-likeness (QED) is 0.584. The number of aryl methyl sites for hydroxylation is 2. The fraction of sp³-hybridized carbons (Fsp3) is 0.350. The van der Waals surface area contributed by atoms with Gasteiger partial charge in [-0.15, -0.1) is 0 Å². The third-order valence-electron chi connectivity index (χ3n) is 5.26. The largest absolute Gasteiger partial charge is 0.464 e. The molecule has 0 saturated carbocycles.